The maximum absolute atomic E-state index is 13.1. The zero-order valence-electron chi connectivity index (χ0n) is 8.58. The first kappa shape index (κ1) is 13.3. The molecule has 0 aromatic heterocycles. The molecule has 5 N–H and O–H groups in total. The van der Waals surface area contributed by atoms with Crippen LogP contribution in [0.1, 0.15) is 11.7 Å². The lowest BCUT2D eigenvalue weighted by Gasteiger charge is -2.17. The summed E-state index contributed by atoms with van der Waals surface area (Å²) in [6.45, 7) is -0.787. The van der Waals surface area contributed by atoms with E-state index in [1.807, 2.05) is 0 Å². The van der Waals surface area contributed by atoms with Crippen LogP contribution in [-0.4, -0.2) is 33.0 Å². The average Bonchev–Trinajstić information content (AvgIpc) is 2.29. The number of nitro benzene ring substituents is 1. The molecule has 2 unspecified atom stereocenters. The molecule has 17 heavy (non-hydrogen) atoms. The molecule has 7 nitrogen and oxygen atoms in total. The number of hydrogen-bond donors (Lipinski definition) is 4. The molecular weight excluding hydrogens is 235 g/mol. The molecule has 0 bridgehead atoms. The van der Waals surface area contributed by atoms with Crippen LogP contribution in [0.25, 0.3) is 0 Å². The summed E-state index contributed by atoms with van der Waals surface area (Å²) in [4.78, 5) is 9.65. The molecule has 2 atom stereocenters. The summed E-state index contributed by atoms with van der Waals surface area (Å²) < 4.78 is 13.1. The van der Waals surface area contributed by atoms with Gasteiger partial charge in [-0.05, 0) is 6.07 Å². The van der Waals surface area contributed by atoms with Crippen molar-refractivity contribution in [2.45, 2.75) is 12.2 Å². The standard InChI is InChI=1S/C9H11FN2O5/c10-4-1-5(9(15)7(14)3-13)8(11)6(2-4)12(16)17/h1-2,7,9,13-15H,3,11H2. The van der Waals surface area contributed by atoms with Gasteiger partial charge in [0.15, 0.2) is 0 Å². The van der Waals surface area contributed by atoms with E-state index in [1.54, 1.807) is 0 Å². The predicted molar refractivity (Wildman–Crippen MR) is 55.5 cm³/mol. The van der Waals surface area contributed by atoms with Gasteiger partial charge in [0, 0.05) is 5.56 Å². The van der Waals surface area contributed by atoms with Crippen LogP contribution < -0.4 is 5.73 Å². The second kappa shape index (κ2) is 5.04. The van der Waals surface area contributed by atoms with Crippen molar-refractivity contribution in [2.75, 3.05) is 12.3 Å². The molecule has 0 saturated heterocycles. The summed E-state index contributed by atoms with van der Waals surface area (Å²) in [6.07, 6.45) is -3.30. The van der Waals surface area contributed by atoms with E-state index in [-0.39, 0.29) is 5.56 Å². The molecule has 0 amide bonds. The second-order valence-electron chi connectivity index (χ2n) is 3.38. The minimum Gasteiger partial charge on any atom is -0.394 e. The molecule has 0 saturated carbocycles. The van der Waals surface area contributed by atoms with Crippen LogP contribution in [-0.2, 0) is 0 Å². The lowest BCUT2D eigenvalue weighted by Crippen LogP contribution is -2.23. The number of hydrogen-bond acceptors (Lipinski definition) is 6. The van der Waals surface area contributed by atoms with Gasteiger partial charge in [-0.1, -0.05) is 0 Å². The van der Waals surface area contributed by atoms with Gasteiger partial charge in [-0.3, -0.25) is 10.1 Å². The molecule has 0 heterocycles. The normalized spacial score (nSPS) is 14.4. The lowest BCUT2D eigenvalue weighted by molar-refractivity contribution is -0.384. The highest BCUT2D eigenvalue weighted by Crippen LogP contribution is 2.32. The maximum Gasteiger partial charge on any atom is 0.295 e. The Bertz CT molecular complexity index is 440. The van der Waals surface area contributed by atoms with Crippen LogP contribution in [0.4, 0.5) is 15.8 Å². The molecular formula is C9H11FN2O5. The van der Waals surface area contributed by atoms with Crippen LogP contribution in [0.5, 0.6) is 0 Å². The van der Waals surface area contributed by atoms with E-state index in [4.69, 9.17) is 10.8 Å². The van der Waals surface area contributed by atoms with Gasteiger partial charge in [0.2, 0.25) is 0 Å². The van der Waals surface area contributed by atoms with Crippen molar-refractivity contribution in [1.29, 1.82) is 0 Å². The highest BCUT2D eigenvalue weighted by atomic mass is 19.1. The number of aliphatic hydroxyl groups is 3. The third kappa shape index (κ3) is 2.67. The molecule has 0 aliphatic heterocycles. The van der Waals surface area contributed by atoms with Crippen molar-refractivity contribution in [2.24, 2.45) is 0 Å². The van der Waals surface area contributed by atoms with Crippen molar-refractivity contribution in [3.05, 3.63) is 33.6 Å². The average molecular weight is 246 g/mol. The first-order valence-electron chi connectivity index (χ1n) is 4.58. The number of rotatable bonds is 4. The Balaban J connectivity index is 3.29. The van der Waals surface area contributed by atoms with E-state index in [1.165, 1.54) is 0 Å². The van der Waals surface area contributed by atoms with E-state index in [0.717, 1.165) is 6.07 Å². The fourth-order valence-corrected chi connectivity index (χ4v) is 1.33. The largest absolute Gasteiger partial charge is 0.394 e. The van der Waals surface area contributed by atoms with Gasteiger partial charge < -0.3 is 21.1 Å². The summed E-state index contributed by atoms with van der Waals surface area (Å²) in [6, 6.07) is 1.38. The third-order valence-electron chi connectivity index (χ3n) is 2.22. The fraction of sp³-hybridized carbons (Fsp3) is 0.333. The van der Waals surface area contributed by atoms with Crippen LogP contribution in [0, 0.1) is 15.9 Å². The Morgan fingerprint density at radius 2 is 2.06 bits per heavy atom. The zero-order valence-corrected chi connectivity index (χ0v) is 8.58. The van der Waals surface area contributed by atoms with Gasteiger partial charge in [-0.25, -0.2) is 4.39 Å². The molecule has 0 radical (unpaired) electrons. The fourth-order valence-electron chi connectivity index (χ4n) is 1.33. The van der Waals surface area contributed by atoms with E-state index in [9.17, 15) is 24.7 Å². The zero-order chi connectivity index (χ0) is 13.2. The topological polar surface area (TPSA) is 130 Å². The number of benzene rings is 1. The third-order valence-corrected chi connectivity index (χ3v) is 2.22. The van der Waals surface area contributed by atoms with Gasteiger partial charge in [-0.2, -0.15) is 0 Å². The van der Waals surface area contributed by atoms with Crippen molar-refractivity contribution < 1.29 is 24.6 Å². The minimum atomic E-state index is -1.70. The summed E-state index contributed by atoms with van der Waals surface area (Å²) in [7, 11) is 0. The van der Waals surface area contributed by atoms with E-state index >= 15 is 0 Å². The van der Waals surface area contributed by atoms with Gasteiger partial charge in [0.05, 0.1) is 17.6 Å². The molecule has 0 aliphatic rings. The Hall–Kier alpha value is -1.77. The van der Waals surface area contributed by atoms with Crippen molar-refractivity contribution in [1.82, 2.24) is 0 Å². The smallest absolute Gasteiger partial charge is 0.295 e. The number of nitro groups is 1. The SMILES string of the molecule is Nc1c(C(O)C(O)CO)cc(F)cc1[N+](=O)[O-]. The predicted octanol–water partition coefficient (Wildman–Crippen LogP) is -0.297. The molecule has 0 aliphatic carbocycles. The van der Waals surface area contributed by atoms with Gasteiger partial charge >= 0.3 is 0 Å². The Morgan fingerprint density at radius 1 is 1.47 bits per heavy atom. The van der Waals surface area contributed by atoms with E-state index in [0.29, 0.717) is 6.07 Å². The monoisotopic (exact) mass is 246 g/mol. The summed E-state index contributed by atoms with van der Waals surface area (Å²) in [5.74, 6) is -0.968. The number of nitrogens with zero attached hydrogens (tertiary/aromatic N) is 1. The van der Waals surface area contributed by atoms with Gasteiger partial charge in [0.1, 0.15) is 23.7 Å². The van der Waals surface area contributed by atoms with Gasteiger partial charge in [0.25, 0.3) is 5.69 Å². The Morgan fingerprint density at radius 3 is 2.53 bits per heavy atom. The van der Waals surface area contributed by atoms with Crippen molar-refractivity contribution in [3.8, 4) is 0 Å². The molecule has 0 spiro atoms. The van der Waals surface area contributed by atoms with Crippen LogP contribution >= 0.6 is 0 Å². The van der Waals surface area contributed by atoms with Crippen LogP contribution in [0.3, 0.4) is 0 Å². The number of halogens is 1. The summed E-state index contributed by atoms with van der Waals surface area (Å²) in [5.41, 5.74) is 3.90. The number of nitrogens with two attached hydrogens (primary N) is 1. The minimum absolute atomic E-state index is 0.335. The number of aliphatic hydroxyl groups excluding tert-OH is 3. The van der Waals surface area contributed by atoms with Crippen LogP contribution in [0.2, 0.25) is 0 Å². The van der Waals surface area contributed by atoms with Gasteiger partial charge in [-0.15, -0.1) is 0 Å². The molecule has 1 aromatic carbocycles. The quantitative estimate of drug-likeness (QED) is 0.328. The van der Waals surface area contributed by atoms with Crippen molar-refractivity contribution >= 4 is 11.4 Å². The summed E-state index contributed by atoms with van der Waals surface area (Å²) >= 11 is 0. The van der Waals surface area contributed by atoms with E-state index in [2.05, 4.69) is 0 Å². The second-order valence-corrected chi connectivity index (χ2v) is 3.38. The molecule has 1 rings (SSSR count). The van der Waals surface area contributed by atoms with Crippen molar-refractivity contribution in [3.63, 3.8) is 0 Å². The molecule has 8 heteroatoms. The highest BCUT2D eigenvalue weighted by molar-refractivity contribution is 5.64. The Kier molecular flexibility index (Phi) is 3.94. The number of nitrogen functional groups attached to an aromatic ring is 1. The first-order chi connectivity index (χ1) is 7.88. The lowest BCUT2D eigenvalue weighted by atomic mass is 10.0. The molecule has 0 fully saturated rings. The Labute approximate surface area is 95.1 Å². The first-order valence-corrected chi connectivity index (χ1v) is 4.58. The molecule has 1 aromatic rings. The number of anilines is 1. The maximum atomic E-state index is 13.1. The summed E-state index contributed by atoms with van der Waals surface area (Å²) in [5, 5.41) is 37.9. The molecule has 94 valence electrons. The van der Waals surface area contributed by atoms with Crippen LogP contribution in [0.15, 0.2) is 12.1 Å². The highest BCUT2D eigenvalue weighted by Gasteiger charge is 2.25. The van der Waals surface area contributed by atoms with E-state index < -0.39 is 40.9 Å².